The van der Waals surface area contributed by atoms with Gasteiger partial charge in [-0.25, -0.2) is 0 Å². The Morgan fingerprint density at radius 3 is 2.24 bits per heavy atom. The molecule has 0 radical (unpaired) electrons. The van der Waals surface area contributed by atoms with Crippen LogP contribution in [0.1, 0.15) is 64.3 Å². The molecule has 0 spiro atoms. The van der Waals surface area contributed by atoms with Crippen molar-refractivity contribution in [1.29, 1.82) is 0 Å². The second-order valence-electron chi connectivity index (χ2n) is 7.10. The smallest absolute Gasteiger partial charge is 0.0937 e. The van der Waals surface area contributed by atoms with Crippen LogP contribution in [0.2, 0.25) is 4.34 Å². The predicted octanol–water partition coefficient (Wildman–Crippen LogP) is 8.16. The second-order valence-corrected chi connectivity index (χ2v) is 10.3. The Hall–Kier alpha value is -1.09. The molecule has 1 unspecified atom stereocenters. The maximum absolute atomic E-state index is 6.27. The molecule has 130 valence electrons. The maximum Gasteiger partial charge on any atom is 0.0937 e. The van der Waals surface area contributed by atoms with Crippen LogP contribution in [0, 0.1) is 13.8 Å². The van der Waals surface area contributed by atoms with E-state index in [-0.39, 0.29) is 0 Å². The van der Waals surface area contributed by atoms with E-state index in [1.807, 2.05) is 11.3 Å². The molecule has 2 aromatic heterocycles. The number of hydrogen-bond donors (Lipinski definition) is 0. The van der Waals surface area contributed by atoms with Gasteiger partial charge in [-0.05, 0) is 80.9 Å². The van der Waals surface area contributed by atoms with E-state index in [1.54, 1.807) is 16.9 Å². The molecule has 0 fully saturated rings. The molecular weight excluding hydrogens is 364 g/mol. The monoisotopic (exact) mass is 386 g/mol. The molecule has 2 aromatic rings. The number of aryl methyl sites for hydroxylation is 2. The zero-order chi connectivity index (χ0) is 17.6. The molecule has 3 heteroatoms. The zero-order valence-electron chi connectivity index (χ0n) is 15.0. The summed E-state index contributed by atoms with van der Waals surface area (Å²) in [6, 6.07) is 4.63. The summed E-state index contributed by atoms with van der Waals surface area (Å²) >= 11 is 9.95. The van der Waals surface area contributed by atoms with E-state index in [1.165, 1.54) is 56.2 Å². The van der Waals surface area contributed by atoms with E-state index in [2.05, 4.69) is 51.1 Å². The van der Waals surface area contributed by atoms with Crippen LogP contribution in [-0.2, 0) is 0 Å². The minimum Gasteiger partial charge on any atom is -0.144 e. The van der Waals surface area contributed by atoms with Crippen molar-refractivity contribution >= 4 is 45.4 Å². The molecule has 0 aromatic carbocycles. The van der Waals surface area contributed by atoms with Gasteiger partial charge in [0.05, 0.1) is 4.34 Å². The fourth-order valence-electron chi connectivity index (χ4n) is 4.01. The molecule has 4 rings (SSSR count). The van der Waals surface area contributed by atoms with Gasteiger partial charge in [0.25, 0.3) is 0 Å². The Labute approximate surface area is 163 Å². The Morgan fingerprint density at radius 2 is 1.64 bits per heavy atom. The standard InChI is InChI=1S/C22H23ClS2/c1-13-7-9-16(10-8-13)21-11-19(14(2)24-21)17-5-4-6-18(17)20-12-22(23)25-15(20)3/h7-9,11-12,16H,4-6,10H2,1-3H3. The van der Waals surface area contributed by atoms with E-state index in [9.17, 15) is 0 Å². The number of rotatable bonds is 3. The first kappa shape index (κ1) is 17.3. The molecule has 0 nitrogen and oxygen atoms in total. The van der Waals surface area contributed by atoms with Crippen molar-refractivity contribution in [2.75, 3.05) is 0 Å². The lowest BCUT2D eigenvalue weighted by atomic mass is 9.93. The number of thiophene rings is 2. The molecule has 1 atom stereocenters. The zero-order valence-corrected chi connectivity index (χ0v) is 17.4. The average Bonchev–Trinajstić information content (AvgIpc) is 3.26. The predicted molar refractivity (Wildman–Crippen MR) is 114 cm³/mol. The largest absolute Gasteiger partial charge is 0.144 e. The minimum absolute atomic E-state index is 0.545. The van der Waals surface area contributed by atoms with Gasteiger partial charge < -0.3 is 0 Å². The Morgan fingerprint density at radius 1 is 0.960 bits per heavy atom. The number of allylic oxidation sites excluding steroid dienone is 6. The molecule has 0 saturated heterocycles. The second kappa shape index (κ2) is 6.90. The topological polar surface area (TPSA) is 0 Å². The maximum atomic E-state index is 6.27. The van der Waals surface area contributed by atoms with Gasteiger partial charge in [0.1, 0.15) is 0 Å². The SMILES string of the molecule is CC1=CCC(c2cc(C3=C(c4cc(Cl)sc4C)CCC3)c(C)s2)C=C1. The lowest BCUT2D eigenvalue weighted by Crippen LogP contribution is -1.95. The molecule has 2 aliphatic rings. The van der Waals surface area contributed by atoms with Crippen LogP contribution in [0.15, 0.2) is 35.9 Å². The lowest BCUT2D eigenvalue weighted by Gasteiger charge is -2.12. The highest BCUT2D eigenvalue weighted by molar-refractivity contribution is 7.16. The fraction of sp³-hybridized carbons (Fsp3) is 0.364. The average molecular weight is 387 g/mol. The van der Waals surface area contributed by atoms with Crippen molar-refractivity contribution in [2.24, 2.45) is 0 Å². The molecule has 25 heavy (non-hydrogen) atoms. The summed E-state index contributed by atoms with van der Waals surface area (Å²) in [5, 5.41) is 0. The molecule has 2 heterocycles. The van der Waals surface area contributed by atoms with Crippen LogP contribution >= 0.6 is 34.3 Å². The summed E-state index contributed by atoms with van der Waals surface area (Å²) in [6.07, 6.45) is 11.8. The van der Waals surface area contributed by atoms with Crippen molar-refractivity contribution in [1.82, 2.24) is 0 Å². The first-order chi connectivity index (χ1) is 12.0. The summed E-state index contributed by atoms with van der Waals surface area (Å²) in [5.74, 6) is 0.545. The highest BCUT2D eigenvalue weighted by Crippen LogP contribution is 2.46. The third kappa shape index (κ3) is 3.32. The summed E-state index contributed by atoms with van der Waals surface area (Å²) in [5.41, 5.74) is 7.34. The van der Waals surface area contributed by atoms with Crippen molar-refractivity contribution in [3.05, 3.63) is 66.0 Å². The van der Waals surface area contributed by atoms with Crippen LogP contribution in [0.25, 0.3) is 11.1 Å². The van der Waals surface area contributed by atoms with Gasteiger partial charge in [-0.2, -0.15) is 0 Å². The van der Waals surface area contributed by atoms with Gasteiger partial charge in [-0.1, -0.05) is 35.4 Å². The summed E-state index contributed by atoms with van der Waals surface area (Å²) in [7, 11) is 0. The molecule has 0 N–H and O–H groups in total. The van der Waals surface area contributed by atoms with Gasteiger partial charge in [0, 0.05) is 20.5 Å². The normalized spacial score (nSPS) is 20.5. The lowest BCUT2D eigenvalue weighted by molar-refractivity contribution is 0.863. The summed E-state index contributed by atoms with van der Waals surface area (Å²) in [6.45, 7) is 6.66. The Balaban J connectivity index is 1.73. The van der Waals surface area contributed by atoms with Crippen molar-refractivity contribution < 1.29 is 0 Å². The molecular formula is C22H23ClS2. The molecule has 2 aliphatic carbocycles. The highest BCUT2D eigenvalue weighted by Gasteiger charge is 2.24. The Bertz CT molecular complexity index is 905. The van der Waals surface area contributed by atoms with Crippen LogP contribution in [0.3, 0.4) is 0 Å². The van der Waals surface area contributed by atoms with E-state index in [4.69, 9.17) is 11.6 Å². The Kier molecular flexibility index (Phi) is 4.79. The quantitative estimate of drug-likeness (QED) is 0.499. The first-order valence-electron chi connectivity index (χ1n) is 8.97. The van der Waals surface area contributed by atoms with Gasteiger partial charge in [-0.15, -0.1) is 22.7 Å². The van der Waals surface area contributed by atoms with Crippen molar-refractivity contribution in [3.63, 3.8) is 0 Å². The minimum atomic E-state index is 0.545. The van der Waals surface area contributed by atoms with Gasteiger partial charge >= 0.3 is 0 Å². The van der Waals surface area contributed by atoms with E-state index in [0.717, 1.165) is 10.8 Å². The van der Waals surface area contributed by atoms with Gasteiger partial charge in [0.15, 0.2) is 0 Å². The third-order valence-corrected chi connectivity index (χ3v) is 7.71. The van der Waals surface area contributed by atoms with E-state index < -0.39 is 0 Å². The molecule has 0 aliphatic heterocycles. The molecule has 0 bridgehead atoms. The van der Waals surface area contributed by atoms with E-state index in [0.29, 0.717) is 5.92 Å². The van der Waals surface area contributed by atoms with Crippen LogP contribution in [0.5, 0.6) is 0 Å². The summed E-state index contributed by atoms with van der Waals surface area (Å²) in [4.78, 5) is 4.32. The fourth-order valence-corrected chi connectivity index (χ4v) is 6.38. The van der Waals surface area contributed by atoms with Gasteiger partial charge in [0.2, 0.25) is 0 Å². The van der Waals surface area contributed by atoms with Crippen LogP contribution < -0.4 is 0 Å². The molecule has 0 amide bonds. The van der Waals surface area contributed by atoms with Crippen LogP contribution in [0.4, 0.5) is 0 Å². The van der Waals surface area contributed by atoms with E-state index >= 15 is 0 Å². The third-order valence-electron chi connectivity index (χ3n) is 5.34. The first-order valence-corrected chi connectivity index (χ1v) is 11.0. The van der Waals surface area contributed by atoms with Crippen molar-refractivity contribution in [3.8, 4) is 0 Å². The number of hydrogen-bond acceptors (Lipinski definition) is 2. The summed E-state index contributed by atoms with van der Waals surface area (Å²) < 4.78 is 0.906. The van der Waals surface area contributed by atoms with Gasteiger partial charge in [-0.3, -0.25) is 0 Å². The van der Waals surface area contributed by atoms with Crippen molar-refractivity contribution in [2.45, 2.75) is 52.4 Å². The van der Waals surface area contributed by atoms with Crippen LogP contribution in [-0.4, -0.2) is 0 Å². The highest BCUT2D eigenvalue weighted by atomic mass is 35.5. The molecule has 0 saturated carbocycles. The number of halogens is 1.